The summed E-state index contributed by atoms with van der Waals surface area (Å²) in [5.41, 5.74) is 5.96. The third kappa shape index (κ3) is 3.49. The zero-order chi connectivity index (χ0) is 16.9. The van der Waals surface area contributed by atoms with Gasteiger partial charge < -0.3 is 5.11 Å². The molecular formula is C18H16N4O2. The number of benzene rings is 2. The molecule has 3 rings (SSSR count). The molecule has 3 aromatic rings. The number of hydrogen-bond donors (Lipinski definition) is 2. The molecule has 24 heavy (non-hydrogen) atoms. The largest absolute Gasteiger partial charge is 0.476 e. The lowest BCUT2D eigenvalue weighted by Gasteiger charge is -2.00. The van der Waals surface area contributed by atoms with Crippen LogP contribution in [-0.4, -0.2) is 27.1 Å². The van der Waals surface area contributed by atoms with Gasteiger partial charge in [-0.05, 0) is 31.2 Å². The minimum absolute atomic E-state index is 0.0470. The molecule has 1 aromatic heterocycles. The first-order valence-electron chi connectivity index (χ1n) is 7.37. The van der Waals surface area contributed by atoms with E-state index in [4.69, 9.17) is 0 Å². The number of rotatable bonds is 5. The van der Waals surface area contributed by atoms with Gasteiger partial charge in [0.15, 0.2) is 5.69 Å². The molecule has 2 aromatic carbocycles. The van der Waals surface area contributed by atoms with Crippen LogP contribution in [0.4, 0.5) is 5.69 Å². The van der Waals surface area contributed by atoms with Crippen molar-refractivity contribution in [3.8, 4) is 5.69 Å². The van der Waals surface area contributed by atoms with Crippen LogP contribution < -0.4 is 5.43 Å². The van der Waals surface area contributed by atoms with Crippen LogP contribution in [0.2, 0.25) is 0 Å². The van der Waals surface area contributed by atoms with Crippen molar-refractivity contribution in [1.82, 2.24) is 9.78 Å². The zero-order valence-corrected chi connectivity index (χ0v) is 13.0. The standard InChI is InChI=1S/C18H16N4O2/c1-13-7-9-16(10-8-13)22-12-14(17(21-22)18(23)24)11-19-20-15-5-3-2-4-6-15/h2-12,20H,1H3,(H,23,24)/b19-11+. The zero-order valence-electron chi connectivity index (χ0n) is 13.0. The third-order valence-corrected chi connectivity index (χ3v) is 3.41. The molecule has 0 spiro atoms. The van der Waals surface area contributed by atoms with E-state index in [9.17, 15) is 9.90 Å². The van der Waals surface area contributed by atoms with Gasteiger partial charge in [-0.15, -0.1) is 0 Å². The number of carboxylic acids is 1. The van der Waals surface area contributed by atoms with Crippen LogP contribution in [0, 0.1) is 6.92 Å². The minimum atomic E-state index is -1.10. The van der Waals surface area contributed by atoms with E-state index >= 15 is 0 Å². The molecule has 1 heterocycles. The molecule has 6 heteroatoms. The van der Waals surface area contributed by atoms with Gasteiger partial charge in [0, 0.05) is 11.8 Å². The highest BCUT2D eigenvalue weighted by molar-refractivity contribution is 5.96. The number of aryl methyl sites for hydroxylation is 1. The first-order chi connectivity index (χ1) is 11.6. The predicted molar refractivity (Wildman–Crippen MR) is 92.9 cm³/mol. The van der Waals surface area contributed by atoms with Crippen molar-refractivity contribution >= 4 is 17.9 Å². The van der Waals surface area contributed by atoms with Gasteiger partial charge in [-0.2, -0.15) is 10.2 Å². The number of aromatic nitrogens is 2. The number of nitrogens with zero attached hydrogens (tertiary/aromatic N) is 3. The van der Waals surface area contributed by atoms with Gasteiger partial charge in [0.2, 0.25) is 0 Å². The quantitative estimate of drug-likeness (QED) is 0.558. The van der Waals surface area contributed by atoms with E-state index in [1.54, 1.807) is 6.20 Å². The van der Waals surface area contributed by atoms with E-state index in [0.717, 1.165) is 16.9 Å². The van der Waals surface area contributed by atoms with E-state index in [1.807, 2.05) is 61.5 Å². The normalized spacial score (nSPS) is 10.9. The van der Waals surface area contributed by atoms with Crippen molar-refractivity contribution in [3.05, 3.63) is 77.6 Å². The van der Waals surface area contributed by atoms with Crippen LogP contribution in [0.25, 0.3) is 5.69 Å². The van der Waals surface area contributed by atoms with Gasteiger partial charge in [-0.25, -0.2) is 9.48 Å². The Morgan fingerprint density at radius 1 is 1.17 bits per heavy atom. The highest BCUT2D eigenvalue weighted by Crippen LogP contribution is 2.13. The number of anilines is 1. The summed E-state index contributed by atoms with van der Waals surface area (Å²) in [4.78, 5) is 11.4. The van der Waals surface area contributed by atoms with E-state index in [1.165, 1.54) is 10.9 Å². The third-order valence-electron chi connectivity index (χ3n) is 3.41. The fraction of sp³-hybridized carbons (Fsp3) is 0.0556. The Hall–Kier alpha value is -3.41. The SMILES string of the molecule is Cc1ccc(-n2cc(/C=N/Nc3ccccc3)c(C(=O)O)n2)cc1. The summed E-state index contributed by atoms with van der Waals surface area (Å²) >= 11 is 0. The van der Waals surface area contributed by atoms with Gasteiger partial charge in [-0.3, -0.25) is 5.43 Å². The van der Waals surface area contributed by atoms with Crippen LogP contribution in [0.1, 0.15) is 21.6 Å². The smallest absolute Gasteiger partial charge is 0.357 e. The van der Waals surface area contributed by atoms with Crippen molar-refractivity contribution in [2.75, 3.05) is 5.43 Å². The molecule has 120 valence electrons. The molecule has 0 saturated carbocycles. The van der Waals surface area contributed by atoms with Crippen molar-refractivity contribution in [2.24, 2.45) is 5.10 Å². The van der Waals surface area contributed by atoms with E-state index < -0.39 is 5.97 Å². The fourth-order valence-corrected chi connectivity index (χ4v) is 2.17. The molecule has 0 aliphatic rings. The Kier molecular flexibility index (Phi) is 4.38. The number of aromatic carboxylic acids is 1. The van der Waals surface area contributed by atoms with Gasteiger partial charge in [0.25, 0.3) is 0 Å². The number of carbonyl (C=O) groups is 1. The highest BCUT2D eigenvalue weighted by atomic mass is 16.4. The van der Waals surface area contributed by atoms with Crippen molar-refractivity contribution in [3.63, 3.8) is 0 Å². The molecule has 0 amide bonds. The molecule has 0 fully saturated rings. The van der Waals surface area contributed by atoms with Crippen LogP contribution in [-0.2, 0) is 0 Å². The average molecular weight is 320 g/mol. The van der Waals surface area contributed by atoms with E-state index in [2.05, 4.69) is 15.6 Å². The summed E-state index contributed by atoms with van der Waals surface area (Å²) in [6.45, 7) is 1.99. The lowest BCUT2D eigenvalue weighted by molar-refractivity contribution is 0.0690. The van der Waals surface area contributed by atoms with E-state index in [-0.39, 0.29) is 5.69 Å². The number of hydrazone groups is 1. The molecule has 0 radical (unpaired) electrons. The van der Waals surface area contributed by atoms with Gasteiger partial charge in [-0.1, -0.05) is 35.9 Å². The number of carboxylic acid groups (broad SMARTS) is 1. The summed E-state index contributed by atoms with van der Waals surface area (Å²) in [6.07, 6.45) is 3.10. The molecule has 0 bridgehead atoms. The Morgan fingerprint density at radius 2 is 1.88 bits per heavy atom. The second kappa shape index (κ2) is 6.78. The highest BCUT2D eigenvalue weighted by Gasteiger charge is 2.15. The monoisotopic (exact) mass is 320 g/mol. The van der Waals surface area contributed by atoms with Gasteiger partial charge >= 0.3 is 5.97 Å². The van der Waals surface area contributed by atoms with Crippen molar-refractivity contribution in [1.29, 1.82) is 0 Å². The summed E-state index contributed by atoms with van der Waals surface area (Å²) in [5.74, 6) is -1.10. The first-order valence-corrected chi connectivity index (χ1v) is 7.37. The van der Waals surface area contributed by atoms with Crippen LogP contribution in [0.15, 0.2) is 65.9 Å². The van der Waals surface area contributed by atoms with Crippen LogP contribution in [0.5, 0.6) is 0 Å². The molecule has 2 N–H and O–H groups in total. The summed E-state index contributed by atoms with van der Waals surface area (Å²) in [7, 11) is 0. The lowest BCUT2D eigenvalue weighted by Crippen LogP contribution is -2.03. The Balaban J connectivity index is 1.86. The molecule has 0 unspecified atom stereocenters. The molecular weight excluding hydrogens is 304 g/mol. The maximum Gasteiger partial charge on any atom is 0.357 e. The molecule has 0 saturated heterocycles. The lowest BCUT2D eigenvalue weighted by atomic mass is 10.2. The minimum Gasteiger partial charge on any atom is -0.476 e. The van der Waals surface area contributed by atoms with Crippen molar-refractivity contribution < 1.29 is 9.90 Å². The first kappa shape index (κ1) is 15.5. The number of nitrogens with one attached hydrogen (secondary N) is 1. The maximum absolute atomic E-state index is 11.4. The second-order valence-electron chi connectivity index (χ2n) is 5.25. The Labute approximate surface area is 139 Å². The maximum atomic E-state index is 11.4. The molecule has 6 nitrogen and oxygen atoms in total. The second-order valence-corrected chi connectivity index (χ2v) is 5.25. The topological polar surface area (TPSA) is 79.5 Å². The molecule has 0 atom stereocenters. The van der Waals surface area contributed by atoms with Crippen molar-refractivity contribution in [2.45, 2.75) is 6.92 Å². The van der Waals surface area contributed by atoms with E-state index in [0.29, 0.717) is 5.56 Å². The summed E-state index contributed by atoms with van der Waals surface area (Å²) in [6, 6.07) is 17.1. The van der Waals surface area contributed by atoms with Crippen LogP contribution >= 0.6 is 0 Å². The number of para-hydroxylation sites is 1. The van der Waals surface area contributed by atoms with Crippen LogP contribution in [0.3, 0.4) is 0 Å². The predicted octanol–water partition coefficient (Wildman–Crippen LogP) is 3.32. The molecule has 0 aliphatic heterocycles. The van der Waals surface area contributed by atoms with Gasteiger partial charge in [0.05, 0.1) is 17.6 Å². The molecule has 0 aliphatic carbocycles. The fourth-order valence-electron chi connectivity index (χ4n) is 2.17. The average Bonchev–Trinajstić information content (AvgIpc) is 3.01. The summed E-state index contributed by atoms with van der Waals surface area (Å²) in [5, 5.41) is 17.5. The Bertz CT molecular complexity index is 868. The van der Waals surface area contributed by atoms with Gasteiger partial charge in [0.1, 0.15) is 0 Å². The Morgan fingerprint density at radius 3 is 2.54 bits per heavy atom. The summed E-state index contributed by atoms with van der Waals surface area (Å²) < 4.78 is 1.53. The number of hydrogen-bond acceptors (Lipinski definition) is 4.